The molecule has 1 heteroatoms. The molecule has 0 bridgehead atoms. The van der Waals surface area contributed by atoms with Gasteiger partial charge in [-0.1, -0.05) is 25.5 Å². The molecule has 0 heterocycles. The molecule has 0 unspecified atom stereocenters. The van der Waals surface area contributed by atoms with E-state index in [2.05, 4.69) is 13.5 Å². The van der Waals surface area contributed by atoms with Crippen LogP contribution in [0.2, 0.25) is 0 Å². The van der Waals surface area contributed by atoms with Crippen molar-refractivity contribution in [1.29, 1.82) is 0 Å². The Balaban J connectivity index is 2.51. The molecule has 2 atom stereocenters. The van der Waals surface area contributed by atoms with Crippen LogP contribution in [0.4, 0.5) is 0 Å². The largest absolute Gasteiger partial charge is 0.324 e. The third-order valence-corrected chi connectivity index (χ3v) is 2.34. The summed E-state index contributed by atoms with van der Waals surface area (Å²) in [6, 6.07) is 0.301. The zero-order chi connectivity index (χ0) is 6.85. The monoisotopic (exact) mass is 125 g/mol. The topological polar surface area (TPSA) is 26.0 Å². The van der Waals surface area contributed by atoms with E-state index in [1.807, 2.05) is 0 Å². The molecule has 0 spiro atoms. The second-order valence-electron chi connectivity index (χ2n) is 2.89. The van der Waals surface area contributed by atoms with E-state index in [0.29, 0.717) is 6.04 Å². The SMILES string of the molecule is C=C1CC[C@H](CC)[C@H]1N. The van der Waals surface area contributed by atoms with E-state index < -0.39 is 0 Å². The van der Waals surface area contributed by atoms with Gasteiger partial charge in [0.1, 0.15) is 0 Å². The summed E-state index contributed by atoms with van der Waals surface area (Å²) in [5.74, 6) is 0.720. The van der Waals surface area contributed by atoms with Gasteiger partial charge in [-0.25, -0.2) is 0 Å². The van der Waals surface area contributed by atoms with Gasteiger partial charge in [-0.3, -0.25) is 0 Å². The summed E-state index contributed by atoms with van der Waals surface area (Å²) in [4.78, 5) is 0. The van der Waals surface area contributed by atoms with Crippen molar-refractivity contribution in [1.82, 2.24) is 0 Å². The highest BCUT2D eigenvalue weighted by Gasteiger charge is 2.24. The summed E-state index contributed by atoms with van der Waals surface area (Å²) in [5, 5.41) is 0. The Morgan fingerprint density at radius 2 is 2.44 bits per heavy atom. The van der Waals surface area contributed by atoms with Crippen LogP contribution in [0.3, 0.4) is 0 Å². The summed E-state index contributed by atoms with van der Waals surface area (Å²) < 4.78 is 0. The number of hydrogen-bond acceptors (Lipinski definition) is 1. The molecule has 52 valence electrons. The normalized spacial score (nSPS) is 35.6. The Hall–Kier alpha value is -0.300. The molecule has 0 aromatic carbocycles. The maximum atomic E-state index is 5.83. The molecule has 2 N–H and O–H groups in total. The van der Waals surface area contributed by atoms with Crippen molar-refractivity contribution in [3.8, 4) is 0 Å². The van der Waals surface area contributed by atoms with Gasteiger partial charge in [0, 0.05) is 6.04 Å². The molecule has 0 aliphatic heterocycles. The van der Waals surface area contributed by atoms with E-state index in [0.717, 1.165) is 12.3 Å². The summed E-state index contributed by atoms with van der Waals surface area (Å²) in [6.45, 7) is 6.11. The summed E-state index contributed by atoms with van der Waals surface area (Å²) in [7, 11) is 0. The lowest BCUT2D eigenvalue weighted by molar-refractivity contribution is 0.484. The van der Waals surface area contributed by atoms with Gasteiger partial charge in [-0.15, -0.1) is 0 Å². The van der Waals surface area contributed by atoms with Crippen molar-refractivity contribution < 1.29 is 0 Å². The van der Waals surface area contributed by atoms with Gasteiger partial charge < -0.3 is 5.73 Å². The lowest BCUT2D eigenvalue weighted by Crippen LogP contribution is -2.25. The highest BCUT2D eigenvalue weighted by atomic mass is 14.7. The van der Waals surface area contributed by atoms with E-state index in [4.69, 9.17) is 5.73 Å². The molecule has 0 radical (unpaired) electrons. The maximum Gasteiger partial charge on any atom is 0.0279 e. The first-order valence-corrected chi connectivity index (χ1v) is 3.69. The van der Waals surface area contributed by atoms with E-state index in [1.165, 1.54) is 18.4 Å². The minimum atomic E-state index is 0.301. The number of rotatable bonds is 1. The van der Waals surface area contributed by atoms with Crippen molar-refractivity contribution in [3.63, 3.8) is 0 Å². The number of nitrogens with two attached hydrogens (primary N) is 1. The molecule has 0 saturated heterocycles. The van der Waals surface area contributed by atoms with Crippen molar-refractivity contribution in [2.24, 2.45) is 11.7 Å². The Kier molecular flexibility index (Phi) is 1.91. The van der Waals surface area contributed by atoms with E-state index >= 15 is 0 Å². The highest BCUT2D eigenvalue weighted by Crippen LogP contribution is 2.29. The molecule has 1 aliphatic rings. The van der Waals surface area contributed by atoms with Crippen LogP contribution in [0.1, 0.15) is 26.2 Å². The zero-order valence-electron chi connectivity index (χ0n) is 6.06. The van der Waals surface area contributed by atoms with Crippen LogP contribution in [0.5, 0.6) is 0 Å². The molecule has 9 heavy (non-hydrogen) atoms. The molecule has 1 fully saturated rings. The van der Waals surface area contributed by atoms with Crippen molar-refractivity contribution in [2.45, 2.75) is 32.2 Å². The van der Waals surface area contributed by atoms with Crippen LogP contribution in [0, 0.1) is 5.92 Å². The average Bonchev–Trinajstić information content (AvgIpc) is 2.15. The molecule has 1 aliphatic carbocycles. The predicted octanol–water partition coefficient (Wildman–Crippen LogP) is 1.69. The second-order valence-corrected chi connectivity index (χ2v) is 2.89. The van der Waals surface area contributed by atoms with Crippen molar-refractivity contribution in [3.05, 3.63) is 12.2 Å². The first-order valence-electron chi connectivity index (χ1n) is 3.69. The maximum absolute atomic E-state index is 5.83. The van der Waals surface area contributed by atoms with Crippen LogP contribution >= 0.6 is 0 Å². The van der Waals surface area contributed by atoms with Gasteiger partial charge in [-0.05, 0) is 18.8 Å². The van der Waals surface area contributed by atoms with Crippen LogP contribution in [-0.2, 0) is 0 Å². The molecule has 0 aromatic heterocycles. The van der Waals surface area contributed by atoms with Crippen molar-refractivity contribution in [2.75, 3.05) is 0 Å². The quantitative estimate of drug-likeness (QED) is 0.530. The lowest BCUT2D eigenvalue weighted by Gasteiger charge is -2.11. The second kappa shape index (κ2) is 2.53. The van der Waals surface area contributed by atoms with Gasteiger partial charge >= 0.3 is 0 Å². The Morgan fingerprint density at radius 1 is 1.78 bits per heavy atom. The molecule has 0 amide bonds. The summed E-state index contributed by atoms with van der Waals surface area (Å²) >= 11 is 0. The standard InChI is InChI=1S/C8H15N/c1-3-7-5-4-6(2)8(7)9/h7-8H,2-5,9H2,1H3/t7-,8-/m0/s1. The van der Waals surface area contributed by atoms with Crippen LogP contribution < -0.4 is 5.73 Å². The summed E-state index contributed by atoms with van der Waals surface area (Å²) in [6.07, 6.45) is 3.62. The van der Waals surface area contributed by atoms with Crippen LogP contribution in [0.25, 0.3) is 0 Å². The van der Waals surface area contributed by atoms with Gasteiger partial charge in [0.25, 0.3) is 0 Å². The van der Waals surface area contributed by atoms with E-state index in [9.17, 15) is 0 Å². The summed E-state index contributed by atoms with van der Waals surface area (Å²) in [5.41, 5.74) is 7.09. The lowest BCUT2D eigenvalue weighted by atomic mass is 10.0. The molecular formula is C8H15N. The molecule has 1 saturated carbocycles. The molecule has 0 aromatic rings. The fraction of sp³-hybridized carbons (Fsp3) is 0.750. The Bertz CT molecular complexity index is 118. The first-order chi connectivity index (χ1) is 4.25. The third kappa shape index (κ3) is 1.16. The van der Waals surface area contributed by atoms with Crippen molar-refractivity contribution >= 4 is 0 Å². The van der Waals surface area contributed by atoms with Crippen LogP contribution in [-0.4, -0.2) is 6.04 Å². The molecule has 1 nitrogen and oxygen atoms in total. The van der Waals surface area contributed by atoms with Gasteiger partial charge in [-0.2, -0.15) is 0 Å². The Labute approximate surface area is 56.9 Å². The van der Waals surface area contributed by atoms with E-state index in [-0.39, 0.29) is 0 Å². The minimum Gasteiger partial charge on any atom is -0.324 e. The van der Waals surface area contributed by atoms with Gasteiger partial charge in [0.2, 0.25) is 0 Å². The molecule has 1 rings (SSSR count). The highest BCUT2D eigenvalue weighted by molar-refractivity contribution is 5.12. The minimum absolute atomic E-state index is 0.301. The predicted molar refractivity (Wildman–Crippen MR) is 40.1 cm³/mol. The Morgan fingerprint density at radius 3 is 2.67 bits per heavy atom. The number of hydrogen-bond donors (Lipinski definition) is 1. The van der Waals surface area contributed by atoms with Gasteiger partial charge in [0.05, 0.1) is 0 Å². The van der Waals surface area contributed by atoms with E-state index in [1.54, 1.807) is 0 Å². The smallest absolute Gasteiger partial charge is 0.0279 e. The van der Waals surface area contributed by atoms with Gasteiger partial charge in [0.15, 0.2) is 0 Å². The first kappa shape index (κ1) is 6.81. The third-order valence-electron chi connectivity index (χ3n) is 2.34. The molecular weight excluding hydrogens is 110 g/mol. The fourth-order valence-electron chi connectivity index (χ4n) is 1.51. The zero-order valence-corrected chi connectivity index (χ0v) is 6.06. The fourth-order valence-corrected chi connectivity index (χ4v) is 1.51. The van der Waals surface area contributed by atoms with Crippen LogP contribution in [0.15, 0.2) is 12.2 Å². The average molecular weight is 125 g/mol.